The van der Waals surface area contributed by atoms with E-state index in [-0.39, 0.29) is 6.04 Å². The van der Waals surface area contributed by atoms with Crippen LogP contribution in [-0.4, -0.2) is 6.54 Å². The van der Waals surface area contributed by atoms with Gasteiger partial charge < -0.3 is 5.32 Å². The molecule has 0 fully saturated rings. The Morgan fingerprint density at radius 3 is 2.83 bits per heavy atom. The second kappa shape index (κ2) is 6.70. The van der Waals surface area contributed by atoms with Crippen LogP contribution < -0.4 is 5.32 Å². The molecule has 1 nitrogen and oxygen atoms in total. The highest BCUT2D eigenvalue weighted by molar-refractivity contribution is 14.1. The minimum Gasteiger partial charge on any atom is -0.306 e. The maximum atomic E-state index is 6.27. The first kappa shape index (κ1) is 14.8. The molecular weight excluding hydrogens is 444 g/mol. The van der Waals surface area contributed by atoms with E-state index in [0.717, 1.165) is 16.0 Å². The summed E-state index contributed by atoms with van der Waals surface area (Å²) in [7, 11) is 0. The molecule has 0 aliphatic carbocycles. The van der Waals surface area contributed by atoms with E-state index < -0.39 is 0 Å². The van der Waals surface area contributed by atoms with Gasteiger partial charge in [0.2, 0.25) is 0 Å². The Morgan fingerprint density at radius 2 is 2.22 bits per heavy atom. The quantitative estimate of drug-likeness (QED) is 0.602. The molecule has 0 spiro atoms. The van der Waals surface area contributed by atoms with Gasteiger partial charge in [0.1, 0.15) is 0 Å². The third-order valence-electron chi connectivity index (χ3n) is 2.58. The van der Waals surface area contributed by atoms with Gasteiger partial charge in [-0.3, -0.25) is 0 Å². The van der Waals surface area contributed by atoms with Crippen LogP contribution in [0, 0.1) is 3.57 Å². The van der Waals surface area contributed by atoms with Gasteiger partial charge in [0.05, 0.1) is 11.1 Å². The van der Waals surface area contributed by atoms with Crippen molar-refractivity contribution < 1.29 is 0 Å². The largest absolute Gasteiger partial charge is 0.306 e. The molecule has 5 heteroatoms. The molecule has 1 unspecified atom stereocenters. The molecule has 0 aliphatic heterocycles. The van der Waals surface area contributed by atoms with E-state index in [9.17, 15) is 0 Å². The monoisotopic (exact) mass is 455 g/mol. The number of halogens is 3. The van der Waals surface area contributed by atoms with Crippen molar-refractivity contribution >= 4 is 61.5 Å². The fourth-order valence-corrected chi connectivity index (χ4v) is 4.04. The van der Waals surface area contributed by atoms with Gasteiger partial charge in [0, 0.05) is 12.9 Å². The second-order valence-corrected chi connectivity index (χ2v) is 7.24. The molecule has 0 saturated carbocycles. The first-order valence-electron chi connectivity index (χ1n) is 5.54. The van der Waals surface area contributed by atoms with Crippen LogP contribution in [0.4, 0.5) is 0 Å². The van der Waals surface area contributed by atoms with Gasteiger partial charge >= 0.3 is 0 Å². The van der Waals surface area contributed by atoms with Gasteiger partial charge in [0.15, 0.2) is 0 Å². The SMILES string of the molecule is CCNC(c1cc(I)ccc1Br)c1sccc1Cl. The topological polar surface area (TPSA) is 12.0 Å². The van der Waals surface area contributed by atoms with Crippen molar-refractivity contribution in [1.29, 1.82) is 0 Å². The van der Waals surface area contributed by atoms with E-state index in [0.29, 0.717) is 0 Å². The van der Waals surface area contributed by atoms with Crippen molar-refractivity contribution in [2.45, 2.75) is 13.0 Å². The molecule has 2 aromatic rings. The van der Waals surface area contributed by atoms with Gasteiger partial charge in [0.25, 0.3) is 0 Å². The minimum atomic E-state index is 0.145. The van der Waals surface area contributed by atoms with Gasteiger partial charge in [-0.25, -0.2) is 0 Å². The Bertz CT molecular complexity index is 544. The van der Waals surface area contributed by atoms with E-state index >= 15 is 0 Å². The fourth-order valence-electron chi connectivity index (χ4n) is 1.80. The molecule has 18 heavy (non-hydrogen) atoms. The van der Waals surface area contributed by atoms with Crippen LogP contribution in [0.3, 0.4) is 0 Å². The van der Waals surface area contributed by atoms with Crippen LogP contribution in [0.15, 0.2) is 34.1 Å². The number of hydrogen-bond acceptors (Lipinski definition) is 2. The molecule has 0 aliphatic rings. The Labute approximate surface area is 138 Å². The molecule has 1 N–H and O–H groups in total. The Balaban J connectivity index is 2.48. The predicted octanol–water partition coefficient (Wildman–Crippen LogP) is 5.47. The third-order valence-corrected chi connectivity index (χ3v) is 5.40. The van der Waals surface area contributed by atoms with E-state index in [4.69, 9.17) is 11.6 Å². The molecular formula is C13H12BrClINS. The molecule has 0 radical (unpaired) electrons. The number of rotatable bonds is 4. The lowest BCUT2D eigenvalue weighted by Crippen LogP contribution is -2.21. The van der Waals surface area contributed by atoms with Crippen molar-refractivity contribution in [2.24, 2.45) is 0 Å². The molecule has 1 aromatic heterocycles. The van der Waals surface area contributed by atoms with Crippen LogP contribution >= 0.6 is 61.5 Å². The fraction of sp³-hybridized carbons (Fsp3) is 0.231. The summed E-state index contributed by atoms with van der Waals surface area (Å²) in [5.74, 6) is 0. The molecule has 1 aromatic carbocycles. The van der Waals surface area contributed by atoms with E-state index in [1.165, 1.54) is 14.0 Å². The normalized spacial score (nSPS) is 12.7. The van der Waals surface area contributed by atoms with E-state index in [1.54, 1.807) is 11.3 Å². The molecule has 1 atom stereocenters. The molecule has 96 valence electrons. The predicted molar refractivity (Wildman–Crippen MR) is 91.7 cm³/mol. The average molecular weight is 457 g/mol. The summed E-state index contributed by atoms with van der Waals surface area (Å²) in [6, 6.07) is 8.46. The van der Waals surface area contributed by atoms with Crippen LogP contribution in [0.2, 0.25) is 5.02 Å². The van der Waals surface area contributed by atoms with E-state index in [1.807, 2.05) is 11.4 Å². The minimum absolute atomic E-state index is 0.145. The average Bonchev–Trinajstić information content (AvgIpc) is 2.76. The van der Waals surface area contributed by atoms with Crippen molar-refractivity contribution in [3.63, 3.8) is 0 Å². The van der Waals surface area contributed by atoms with Gasteiger partial charge in [-0.1, -0.05) is 34.5 Å². The Kier molecular flexibility index (Phi) is 5.50. The number of benzene rings is 1. The first-order valence-corrected chi connectivity index (χ1v) is 8.67. The molecule has 2 rings (SSSR count). The van der Waals surface area contributed by atoms with Crippen LogP contribution in [0.25, 0.3) is 0 Å². The second-order valence-electron chi connectivity index (χ2n) is 3.79. The lowest BCUT2D eigenvalue weighted by Gasteiger charge is -2.19. The van der Waals surface area contributed by atoms with Gasteiger partial charge in [-0.2, -0.15) is 0 Å². The lowest BCUT2D eigenvalue weighted by molar-refractivity contribution is 0.637. The van der Waals surface area contributed by atoms with Gasteiger partial charge in [-0.15, -0.1) is 11.3 Å². The lowest BCUT2D eigenvalue weighted by atomic mass is 10.1. The zero-order valence-electron chi connectivity index (χ0n) is 9.71. The highest BCUT2D eigenvalue weighted by atomic mass is 127. The molecule has 1 heterocycles. The third kappa shape index (κ3) is 3.28. The smallest absolute Gasteiger partial charge is 0.0697 e. The highest BCUT2D eigenvalue weighted by Gasteiger charge is 2.19. The first-order chi connectivity index (χ1) is 8.63. The summed E-state index contributed by atoms with van der Waals surface area (Å²) < 4.78 is 2.33. The van der Waals surface area contributed by atoms with E-state index in [2.05, 4.69) is 69.0 Å². The summed E-state index contributed by atoms with van der Waals surface area (Å²) in [5, 5.41) is 6.36. The van der Waals surface area contributed by atoms with Crippen molar-refractivity contribution in [2.75, 3.05) is 6.54 Å². The maximum Gasteiger partial charge on any atom is 0.0697 e. The molecule has 0 amide bonds. The Hall–Kier alpha value is 0.380. The summed E-state index contributed by atoms with van der Waals surface area (Å²) in [6.07, 6.45) is 0. The summed E-state index contributed by atoms with van der Waals surface area (Å²) in [4.78, 5) is 1.17. The maximum absolute atomic E-state index is 6.27. The van der Waals surface area contributed by atoms with Crippen LogP contribution in [0.5, 0.6) is 0 Å². The van der Waals surface area contributed by atoms with Crippen molar-refractivity contribution in [3.8, 4) is 0 Å². The van der Waals surface area contributed by atoms with Gasteiger partial charge in [-0.05, 0) is 64.3 Å². The standard InChI is InChI=1S/C13H12BrClINS/c1-2-17-12(13-11(15)5-6-18-13)9-7-8(16)3-4-10(9)14/h3-7,12,17H,2H2,1H3. The molecule has 0 bridgehead atoms. The van der Waals surface area contributed by atoms with Crippen LogP contribution in [-0.2, 0) is 0 Å². The number of thiophene rings is 1. The number of hydrogen-bond donors (Lipinski definition) is 1. The highest BCUT2D eigenvalue weighted by Crippen LogP contribution is 2.36. The number of nitrogens with one attached hydrogen (secondary N) is 1. The zero-order valence-corrected chi connectivity index (χ0v) is 15.0. The zero-order chi connectivity index (χ0) is 13.1. The summed E-state index contributed by atoms with van der Waals surface area (Å²) in [5.41, 5.74) is 1.23. The van der Waals surface area contributed by atoms with Crippen molar-refractivity contribution in [3.05, 3.63) is 53.2 Å². The summed E-state index contributed by atoms with van der Waals surface area (Å²) >= 11 is 13.9. The van der Waals surface area contributed by atoms with Crippen molar-refractivity contribution in [1.82, 2.24) is 5.32 Å². The molecule has 0 saturated heterocycles. The van der Waals surface area contributed by atoms with Crippen LogP contribution in [0.1, 0.15) is 23.4 Å². The Morgan fingerprint density at radius 1 is 1.44 bits per heavy atom. The summed E-state index contributed by atoms with van der Waals surface area (Å²) in [6.45, 7) is 3.01.